The lowest BCUT2D eigenvalue weighted by Crippen LogP contribution is -2.49. The number of amides is 3. The average molecular weight is 632 g/mol. The Morgan fingerprint density at radius 3 is 2.27 bits per heavy atom. The first-order valence-corrected chi connectivity index (χ1v) is 15.2. The maximum Gasteiger partial charge on any atom is 0.281 e. The summed E-state index contributed by atoms with van der Waals surface area (Å²) in [6.07, 6.45) is 1.28. The standard InChI is InChI=1S/C28H39F2N11O4/c1-37(25(44)19-4-7-38(18-42)8-5-19)6-2-3-21(43)39-9-11-40(12-10-39)27-34-24(20-17-32-26(31)33-22(20)23(29)30)35-28(36-27)41-13-15-45-16-14-41/h17-19,23H,2-16H2,1H3,(H2,31,32,33). The highest BCUT2D eigenvalue weighted by molar-refractivity contribution is 5.79. The van der Waals surface area contributed by atoms with Gasteiger partial charge < -0.3 is 35.0 Å². The van der Waals surface area contributed by atoms with E-state index in [1.807, 2.05) is 9.80 Å². The highest BCUT2D eigenvalue weighted by Crippen LogP contribution is 2.30. The van der Waals surface area contributed by atoms with Gasteiger partial charge in [-0.15, -0.1) is 0 Å². The third kappa shape index (κ3) is 7.87. The van der Waals surface area contributed by atoms with Crippen LogP contribution in [0.15, 0.2) is 6.20 Å². The minimum absolute atomic E-state index is 0.000676. The molecule has 5 heterocycles. The second-order valence-corrected chi connectivity index (χ2v) is 11.3. The first kappa shape index (κ1) is 32.1. The first-order valence-electron chi connectivity index (χ1n) is 15.2. The van der Waals surface area contributed by atoms with Gasteiger partial charge in [0.2, 0.25) is 36.1 Å². The molecular weight excluding hydrogens is 592 g/mol. The number of carbonyl (C=O) groups excluding carboxylic acids is 3. The van der Waals surface area contributed by atoms with E-state index < -0.39 is 12.1 Å². The topological polar surface area (TPSA) is 167 Å². The maximum atomic E-state index is 13.9. The summed E-state index contributed by atoms with van der Waals surface area (Å²) in [5.41, 5.74) is 4.99. The number of piperidine rings is 1. The van der Waals surface area contributed by atoms with Crippen molar-refractivity contribution in [2.75, 3.05) is 94.7 Å². The Labute approximate surface area is 259 Å². The molecule has 0 bridgehead atoms. The van der Waals surface area contributed by atoms with Crippen LogP contribution in [0, 0.1) is 5.92 Å². The summed E-state index contributed by atoms with van der Waals surface area (Å²) >= 11 is 0. The van der Waals surface area contributed by atoms with Crippen LogP contribution >= 0.6 is 0 Å². The lowest BCUT2D eigenvalue weighted by molar-refractivity contribution is -0.137. The number of rotatable bonds is 10. The molecule has 3 amide bonds. The molecule has 15 nitrogen and oxygen atoms in total. The van der Waals surface area contributed by atoms with Crippen LogP contribution in [-0.2, 0) is 19.1 Å². The minimum Gasteiger partial charge on any atom is -0.378 e. The molecule has 2 aromatic heterocycles. The zero-order valence-corrected chi connectivity index (χ0v) is 25.4. The second-order valence-electron chi connectivity index (χ2n) is 11.3. The predicted molar refractivity (Wildman–Crippen MR) is 159 cm³/mol. The summed E-state index contributed by atoms with van der Waals surface area (Å²) < 4.78 is 33.2. The van der Waals surface area contributed by atoms with Gasteiger partial charge in [-0.3, -0.25) is 14.4 Å². The smallest absolute Gasteiger partial charge is 0.281 e. The monoisotopic (exact) mass is 631 g/mol. The molecule has 3 aliphatic rings. The van der Waals surface area contributed by atoms with E-state index in [4.69, 9.17) is 10.5 Å². The van der Waals surface area contributed by atoms with Gasteiger partial charge in [0.1, 0.15) is 5.69 Å². The van der Waals surface area contributed by atoms with Gasteiger partial charge in [-0.05, 0) is 19.3 Å². The fraction of sp³-hybridized carbons (Fsp3) is 0.643. The zero-order chi connectivity index (χ0) is 31.9. The van der Waals surface area contributed by atoms with E-state index in [2.05, 4.69) is 24.9 Å². The Bertz CT molecular complexity index is 1350. The molecule has 2 N–H and O–H groups in total. The van der Waals surface area contributed by atoms with E-state index >= 15 is 0 Å². The molecule has 0 aliphatic carbocycles. The molecular formula is C28H39F2N11O4. The lowest BCUT2D eigenvalue weighted by Gasteiger charge is -2.35. The van der Waals surface area contributed by atoms with Crippen molar-refractivity contribution < 1.29 is 27.9 Å². The van der Waals surface area contributed by atoms with E-state index in [0.717, 1.165) is 6.41 Å². The van der Waals surface area contributed by atoms with Crippen molar-refractivity contribution >= 4 is 36.1 Å². The van der Waals surface area contributed by atoms with Crippen molar-refractivity contribution in [2.45, 2.75) is 32.1 Å². The third-order valence-corrected chi connectivity index (χ3v) is 8.39. The molecule has 2 aromatic rings. The molecule has 0 unspecified atom stereocenters. The van der Waals surface area contributed by atoms with Crippen LogP contribution in [0.5, 0.6) is 0 Å². The molecule has 0 aromatic carbocycles. The summed E-state index contributed by atoms with van der Waals surface area (Å²) in [5.74, 6) is 0.354. The Kier molecular flexibility index (Phi) is 10.5. The van der Waals surface area contributed by atoms with Gasteiger partial charge in [-0.25, -0.2) is 18.7 Å². The van der Waals surface area contributed by atoms with E-state index in [1.165, 1.54) is 6.20 Å². The number of hydrogen-bond acceptors (Lipinski definition) is 12. The maximum absolute atomic E-state index is 13.9. The van der Waals surface area contributed by atoms with Gasteiger partial charge in [0.15, 0.2) is 5.82 Å². The number of alkyl halides is 2. The molecule has 244 valence electrons. The summed E-state index contributed by atoms with van der Waals surface area (Å²) in [7, 11) is 1.76. The molecule has 0 radical (unpaired) electrons. The number of morpholine rings is 1. The largest absolute Gasteiger partial charge is 0.378 e. The van der Waals surface area contributed by atoms with Crippen molar-refractivity contribution in [3.8, 4) is 11.4 Å². The van der Waals surface area contributed by atoms with Crippen LogP contribution in [0.1, 0.15) is 37.8 Å². The number of nitrogens with zero attached hydrogens (tertiary/aromatic N) is 10. The van der Waals surface area contributed by atoms with Gasteiger partial charge in [-0.2, -0.15) is 15.0 Å². The van der Waals surface area contributed by atoms with Gasteiger partial charge >= 0.3 is 0 Å². The minimum atomic E-state index is -2.91. The normalized spacial score (nSPS) is 18.0. The summed E-state index contributed by atoms with van der Waals surface area (Å²) in [6.45, 7) is 5.43. The summed E-state index contributed by atoms with van der Waals surface area (Å²) in [5, 5.41) is 0. The average Bonchev–Trinajstić information content (AvgIpc) is 3.08. The number of carbonyl (C=O) groups is 3. The summed E-state index contributed by atoms with van der Waals surface area (Å²) in [4.78, 5) is 67.0. The molecule has 3 saturated heterocycles. The van der Waals surface area contributed by atoms with E-state index in [9.17, 15) is 23.2 Å². The van der Waals surface area contributed by atoms with Gasteiger partial charge in [0.05, 0.1) is 18.8 Å². The summed E-state index contributed by atoms with van der Waals surface area (Å²) in [6, 6.07) is 0. The number of nitrogens with two attached hydrogens (primary N) is 1. The highest BCUT2D eigenvalue weighted by atomic mass is 19.3. The van der Waals surface area contributed by atoms with Crippen molar-refractivity contribution in [1.29, 1.82) is 0 Å². The molecule has 0 saturated carbocycles. The molecule has 5 rings (SSSR count). The van der Waals surface area contributed by atoms with Crippen LogP contribution < -0.4 is 15.5 Å². The predicted octanol–water partition coefficient (Wildman–Crippen LogP) is 0.441. The van der Waals surface area contributed by atoms with E-state index in [1.54, 1.807) is 21.7 Å². The van der Waals surface area contributed by atoms with Gasteiger partial charge in [0, 0.05) is 84.5 Å². The fourth-order valence-corrected chi connectivity index (χ4v) is 5.72. The number of piperazine rings is 1. The van der Waals surface area contributed by atoms with Crippen LogP contribution in [0.25, 0.3) is 11.4 Å². The van der Waals surface area contributed by atoms with Crippen LogP contribution in [-0.4, -0.2) is 137 Å². The first-order chi connectivity index (χ1) is 21.7. The Hall–Kier alpha value is -4.28. The third-order valence-electron chi connectivity index (χ3n) is 8.39. The number of likely N-dealkylation sites (tertiary alicyclic amines) is 1. The lowest BCUT2D eigenvalue weighted by atomic mass is 9.95. The quantitative estimate of drug-likeness (QED) is 0.360. The SMILES string of the molecule is CN(CCCC(=O)N1CCN(c2nc(-c3cnc(N)nc3C(F)F)nc(N3CCOCC3)n2)CC1)C(=O)C1CCN(C=O)CC1. The fourth-order valence-electron chi connectivity index (χ4n) is 5.72. The highest BCUT2D eigenvalue weighted by Gasteiger charge is 2.29. The Morgan fingerprint density at radius 2 is 1.64 bits per heavy atom. The molecule has 17 heteroatoms. The van der Waals surface area contributed by atoms with Crippen LogP contribution in [0.4, 0.5) is 26.6 Å². The number of nitrogen functional groups attached to an aromatic ring is 1. The zero-order valence-electron chi connectivity index (χ0n) is 25.4. The molecule has 0 spiro atoms. The van der Waals surface area contributed by atoms with E-state index in [0.29, 0.717) is 110 Å². The number of aromatic nitrogens is 5. The number of anilines is 3. The van der Waals surface area contributed by atoms with Crippen LogP contribution in [0.2, 0.25) is 0 Å². The molecule has 0 atom stereocenters. The number of halogens is 2. The number of hydrogen-bond donors (Lipinski definition) is 1. The molecule has 3 fully saturated rings. The second kappa shape index (κ2) is 14.7. The van der Waals surface area contributed by atoms with Gasteiger partial charge in [0.25, 0.3) is 6.43 Å². The Morgan fingerprint density at radius 1 is 1.00 bits per heavy atom. The number of ether oxygens (including phenoxy) is 1. The van der Waals surface area contributed by atoms with Crippen molar-refractivity contribution in [1.82, 2.24) is 39.6 Å². The van der Waals surface area contributed by atoms with Crippen molar-refractivity contribution in [2.24, 2.45) is 5.92 Å². The van der Waals surface area contributed by atoms with Crippen molar-refractivity contribution in [3.05, 3.63) is 11.9 Å². The molecule has 3 aliphatic heterocycles. The van der Waals surface area contributed by atoms with Crippen LogP contribution in [0.3, 0.4) is 0 Å². The Balaban J connectivity index is 1.19. The van der Waals surface area contributed by atoms with Gasteiger partial charge in [-0.1, -0.05) is 0 Å². The van der Waals surface area contributed by atoms with E-state index in [-0.39, 0.29) is 35.1 Å². The molecule has 45 heavy (non-hydrogen) atoms. The van der Waals surface area contributed by atoms with Crippen molar-refractivity contribution in [3.63, 3.8) is 0 Å².